The van der Waals surface area contributed by atoms with Gasteiger partial charge in [0.2, 0.25) is 11.9 Å². The molecule has 0 radical (unpaired) electrons. The van der Waals surface area contributed by atoms with Crippen molar-refractivity contribution in [2.75, 3.05) is 23.9 Å². The van der Waals surface area contributed by atoms with Crippen LogP contribution in [0.2, 0.25) is 0 Å². The second-order valence-corrected chi connectivity index (χ2v) is 7.87. The van der Waals surface area contributed by atoms with E-state index in [2.05, 4.69) is 20.4 Å². The maximum Gasteiger partial charge on any atom is 0.414 e. The first-order valence-electron chi connectivity index (χ1n) is 10.3. The molecule has 0 spiro atoms. The molecule has 0 bridgehead atoms. The highest BCUT2D eigenvalue weighted by atomic mass is 19.4. The van der Waals surface area contributed by atoms with Gasteiger partial charge in [-0.2, -0.15) is 18.2 Å². The summed E-state index contributed by atoms with van der Waals surface area (Å²) in [5.74, 6) is 1.19. The fourth-order valence-corrected chi connectivity index (χ4v) is 3.43. The summed E-state index contributed by atoms with van der Waals surface area (Å²) in [6.07, 6.45) is 3.18. The minimum Gasteiger partial charge on any atom is -0.494 e. The predicted octanol–water partition coefficient (Wildman–Crippen LogP) is 4.93. The fraction of sp³-hybridized carbons (Fsp3) is 0.318. The van der Waals surface area contributed by atoms with Crippen LogP contribution in [-0.4, -0.2) is 44.1 Å². The molecule has 33 heavy (non-hydrogen) atoms. The maximum absolute atomic E-state index is 13.2. The number of halogens is 3. The van der Waals surface area contributed by atoms with E-state index < -0.39 is 11.7 Å². The number of nitrogens with one attached hydrogen (secondary N) is 1. The molecule has 3 heterocycles. The molecule has 1 aromatic carbocycles. The molecule has 0 amide bonds. The summed E-state index contributed by atoms with van der Waals surface area (Å²) in [5, 5.41) is 7.59. The summed E-state index contributed by atoms with van der Waals surface area (Å²) in [7, 11) is 1.57. The molecule has 11 heteroatoms. The van der Waals surface area contributed by atoms with Crippen molar-refractivity contribution < 1.29 is 17.9 Å². The first-order chi connectivity index (χ1) is 15.7. The Balaban J connectivity index is 1.61. The summed E-state index contributed by atoms with van der Waals surface area (Å²) in [6, 6.07) is 5.40. The molecular formula is C22H24F3N7O. The van der Waals surface area contributed by atoms with Gasteiger partial charge < -0.3 is 19.5 Å². The number of hydrogen-bond donors (Lipinski definition) is 1. The number of imidazole rings is 1. The minimum atomic E-state index is -4.40. The molecule has 0 fully saturated rings. The Bertz CT molecular complexity index is 1210. The SMILES string of the molecule is COc1cc(Nc2nc(N3C=CC=C(C(F)(F)F)C3)n(C(C)C)n2)ccc1-n1cnc(C)c1. The lowest BCUT2D eigenvalue weighted by molar-refractivity contribution is -0.0923. The van der Waals surface area contributed by atoms with E-state index in [-0.39, 0.29) is 18.5 Å². The Morgan fingerprint density at radius 1 is 1.21 bits per heavy atom. The number of aromatic nitrogens is 5. The van der Waals surface area contributed by atoms with Crippen molar-refractivity contribution in [1.29, 1.82) is 0 Å². The number of methoxy groups -OCH3 is 1. The zero-order valence-electron chi connectivity index (χ0n) is 18.6. The number of hydrogen-bond acceptors (Lipinski definition) is 6. The summed E-state index contributed by atoms with van der Waals surface area (Å²) >= 11 is 0. The highest BCUT2D eigenvalue weighted by Gasteiger charge is 2.36. The highest BCUT2D eigenvalue weighted by Crippen LogP contribution is 2.32. The Kier molecular flexibility index (Phi) is 5.88. The first kappa shape index (κ1) is 22.4. The number of nitrogens with zero attached hydrogens (tertiary/aromatic N) is 6. The largest absolute Gasteiger partial charge is 0.494 e. The number of benzene rings is 1. The second kappa shape index (κ2) is 8.64. The quantitative estimate of drug-likeness (QED) is 0.564. The Morgan fingerprint density at radius 2 is 2.00 bits per heavy atom. The molecule has 1 aliphatic heterocycles. The van der Waals surface area contributed by atoms with Gasteiger partial charge in [-0.15, -0.1) is 5.10 Å². The Hall–Kier alpha value is -3.76. The number of allylic oxidation sites excluding steroid dienone is 2. The van der Waals surface area contributed by atoms with Gasteiger partial charge in [0.05, 0.1) is 43.0 Å². The van der Waals surface area contributed by atoms with E-state index >= 15 is 0 Å². The number of anilines is 3. The third kappa shape index (κ3) is 4.71. The molecule has 0 unspecified atom stereocenters. The van der Waals surface area contributed by atoms with Crippen molar-refractivity contribution in [2.24, 2.45) is 0 Å². The number of aryl methyl sites for hydroxylation is 1. The van der Waals surface area contributed by atoms with Gasteiger partial charge in [-0.25, -0.2) is 9.67 Å². The smallest absolute Gasteiger partial charge is 0.414 e. The van der Waals surface area contributed by atoms with Crippen LogP contribution in [0.4, 0.5) is 30.8 Å². The van der Waals surface area contributed by atoms with Crippen LogP contribution in [0.25, 0.3) is 5.69 Å². The normalized spacial score (nSPS) is 14.1. The average Bonchev–Trinajstić information content (AvgIpc) is 3.39. The van der Waals surface area contributed by atoms with E-state index in [4.69, 9.17) is 4.74 Å². The molecule has 1 aliphatic rings. The van der Waals surface area contributed by atoms with Crippen molar-refractivity contribution in [3.63, 3.8) is 0 Å². The third-order valence-corrected chi connectivity index (χ3v) is 5.05. The monoisotopic (exact) mass is 459 g/mol. The van der Waals surface area contributed by atoms with Gasteiger partial charge in [0, 0.05) is 24.2 Å². The lowest BCUT2D eigenvalue weighted by Crippen LogP contribution is -2.30. The lowest BCUT2D eigenvalue weighted by atomic mass is 10.2. The van der Waals surface area contributed by atoms with Gasteiger partial charge in [0.15, 0.2) is 0 Å². The average molecular weight is 459 g/mol. The fourth-order valence-electron chi connectivity index (χ4n) is 3.43. The first-order valence-corrected chi connectivity index (χ1v) is 10.3. The molecule has 2 aromatic heterocycles. The number of ether oxygens (including phenoxy) is 1. The van der Waals surface area contributed by atoms with Gasteiger partial charge in [-0.3, -0.25) is 0 Å². The van der Waals surface area contributed by atoms with E-state index in [1.165, 1.54) is 11.0 Å². The van der Waals surface area contributed by atoms with Crippen LogP contribution in [0.5, 0.6) is 5.75 Å². The molecular weight excluding hydrogens is 435 g/mol. The van der Waals surface area contributed by atoms with Crippen LogP contribution >= 0.6 is 0 Å². The number of rotatable bonds is 6. The van der Waals surface area contributed by atoms with Crippen LogP contribution in [0, 0.1) is 6.92 Å². The van der Waals surface area contributed by atoms with Crippen LogP contribution < -0.4 is 15.0 Å². The molecule has 8 nitrogen and oxygen atoms in total. The Morgan fingerprint density at radius 3 is 2.64 bits per heavy atom. The van der Waals surface area contributed by atoms with Gasteiger partial charge in [-0.05, 0) is 39.0 Å². The second-order valence-electron chi connectivity index (χ2n) is 7.87. The molecule has 174 valence electrons. The van der Waals surface area contributed by atoms with Crippen molar-refractivity contribution in [3.05, 3.63) is 60.3 Å². The summed E-state index contributed by atoms with van der Waals surface area (Å²) < 4.78 is 48.6. The molecule has 0 atom stereocenters. The standard InChI is InChI=1S/C22H24F3N7O/c1-14(2)32-21(30-9-5-6-16(12-30)22(23,24)25)28-20(29-32)27-17-7-8-18(19(10-17)33-4)31-11-15(3)26-13-31/h5-11,13-14H,12H2,1-4H3,(H,27,29). The topological polar surface area (TPSA) is 73.0 Å². The molecule has 1 N–H and O–H groups in total. The van der Waals surface area contributed by atoms with E-state index in [0.29, 0.717) is 17.4 Å². The van der Waals surface area contributed by atoms with Gasteiger partial charge in [-0.1, -0.05) is 6.08 Å². The number of alkyl halides is 3. The molecule has 0 saturated carbocycles. The lowest BCUT2D eigenvalue weighted by Gasteiger charge is -2.25. The minimum absolute atomic E-state index is 0.113. The Labute approximate surface area is 189 Å². The van der Waals surface area contributed by atoms with E-state index in [1.807, 2.05) is 43.7 Å². The summed E-state index contributed by atoms with van der Waals surface area (Å²) in [6.45, 7) is 5.35. The highest BCUT2D eigenvalue weighted by molar-refractivity contribution is 5.62. The van der Waals surface area contributed by atoms with Gasteiger partial charge >= 0.3 is 6.18 Å². The molecule has 4 rings (SSSR count). The molecule has 0 saturated heterocycles. The van der Waals surface area contributed by atoms with Crippen molar-refractivity contribution in [3.8, 4) is 11.4 Å². The molecule has 3 aromatic rings. The van der Waals surface area contributed by atoms with Crippen LogP contribution in [0.3, 0.4) is 0 Å². The van der Waals surface area contributed by atoms with Crippen molar-refractivity contribution in [1.82, 2.24) is 24.3 Å². The zero-order valence-corrected chi connectivity index (χ0v) is 18.6. The predicted molar refractivity (Wildman–Crippen MR) is 119 cm³/mol. The third-order valence-electron chi connectivity index (χ3n) is 5.05. The van der Waals surface area contributed by atoms with Crippen LogP contribution in [0.1, 0.15) is 25.6 Å². The van der Waals surface area contributed by atoms with Crippen LogP contribution in [0.15, 0.2) is 54.6 Å². The van der Waals surface area contributed by atoms with E-state index in [0.717, 1.165) is 17.5 Å². The molecule has 0 aliphatic carbocycles. The van der Waals surface area contributed by atoms with Gasteiger partial charge in [0.25, 0.3) is 0 Å². The zero-order chi connectivity index (χ0) is 23.8. The van der Waals surface area contributed by atoms with Gasteiger partial charge in [0.1, 0.15) is 5.75 Å². The maximum atomic E-state index is 13.2. The summed E-state index contributed by atoms with van der Waals surface area (Å²) in [5.41, 5.74) is 1.72. The van der Waals surface area contributed by atoms with Crippen LogP contribution in [-0.2, 0) is 0 Å². The summed E-state index contributed by atoms with van der Waals surface area (Å²) in [4.78, 5) is 10.1. The van der Waals surface area contributed by atoms with E-state index in [1.54, 1.807) is 30.4 Å². The van der Waals surface area contributed by atoms with Crippen molar-refractivity contribution >= 4 is 17.6 Å². The van der Waals surface area contributed by atoms with Crippen molar-refractivity contribution in [2.45, 2.75) is 33.0 Å². The van der Waals surface area contributed by atoms with E-state index in [9.17, 15) is 13.2 Å².